The predicted octanol–water partition coefficient (Wildman–Crippen LogP) is 3.64. The van der Waals surface area contributed by atoms with Crippen LogP contribution in [0.15, 0.2) is 42.6 Å². The molecule has 0 radical (unpaired) electrons. The number of carbonyl (C=O) groups is 1. The lowest BCUT2D eigenvalue weighted by molar-refractivity contribution is -0.0592. The molecule has 6 rings (SSSR count). The summed E-state index contributed by atoms with van der Waals surface area (Å²) in [4.78, 5) is 18.8. The topological polar surface area (TPSA) is 139 Å². The molecule has 2 aromatic heterocycles. The highest BCUT2D eigenvalue weighted by atomic mass is 19.1. The number of aromatic carboxylic acids is 1. The summed E-state index contributed by atoms with van der Waals surface area (Å²) in [7, 11) is 0. The molecule has 0 spiro atoms. The van der Waals surface area contributed by atoms with Gasteiger partial charge in [-0.3, -0.25) is 9.58 Å². The van der Waals surface area contributed by atoms with Gasteiger partial charge in [-0.15, -0.1) is 5.10 Å². The van der Waals surface area contributed by atoms with Crippen molar-refractivity contribution in [3.8, 4) is 11.9 Å². The normalized spacial score (nSPS) is 17.7. The summed E-state index contributed by atoms with van der Waals surface area (Å²) in [6.07, 6.45) is 4.50. The Balaban J connectivity index is 1.12. The van der Waals surface area contributed by atoms with Crippen molar-refractivity contribution in [3.63, 3.8) is 0 Å². The molecule has 1 unspecified atom stereocenters. The maximum Gasteiger partial charge on any atom is 0.335 e. The second-order valence-corrected chi connectivity index (χ2v) is 10.7. The first-order chi connectivity index (χ1) is 20.4. The van der Waals surface area contributed by atoms with Crippen molar-refractivity contribution in [2.75, 3.05) is 19.7 Å². The third kappa shape index (κ3) is 5.72. The zero-order chi connectivity index (χ0) is 29.2. The minimum atomic E-state index is -0.967. The second-order valence-electron chi connectivity index (χ2n) is 10.7. The molecule has 0 bridgehead atoms. The van der Waals surface area contributed by atoms with E-state index in [0.717, 1.165) is 55.8 Å². The largest absolute Gasteiger partial charge is 0.478 e. The molecule has 42 heavy (non-hydrogen) atoms. The third-order valence-corrected chi connectivity index (χ3v) is 8.04. The highest BCUT2D eigenvalue weighted by molar-refractivity contribution is 5.92. The number of ether oxygens (including phenoxy) is 2. The molecular formula is C30H31FN6O5. The van der Waals surface area contributed by atoms with E-state index in [0.29, 0.717) is 24.2 Å². The fourth-order valence-electron chi connectivity index (χ4n) is 5.51. The van der Waals surface area contributed by atoms with Crippen molar-refractivity contribution in [1.29, 1.82) is 5.26 Å². The van der Waals surface area contributed by atoms with Gasteiger partial charge >= 0.3 is 5.97 Å². The Morgan fingerprint density at radius 3 is 2.64 bits per heavy atom. The number of aromatic nitrogens is 4. The van der Waals surface area contributed by atoms with Gasteiger partial charge in [-0.1, -0.05) is 6.07 Å². The molecule has 2 fully saturated rings. The van der Waals surface area contributed by atoms with E-state index in [1.54, 1.807) is 24.4 Å². The van der Waals surface area contributed by atoms with Crippen molar-refractivity contribution in [3.05, 3.63) is 76.5 Å². The Bertz CT molecular complexity index is 1650. The van der Waals surface area contributed by atoms with Gasteiger partial charge in [0.15, 0.2) is 0 Å². The molecule has 0 aliphatic carbocycles. The number of imidazole rings is 1. The van der Waals surface area contributed by atoms with E-state index in [-0.39, 0.29) is 42.4 Å². The Labute approximate surface area is 241 Å². The van der Waals surface area contributed by atoms with Crippen LogP contribution in [0.3, 0.4) is 0 Å². The maximum absolute atomic E-state index is 14.3. The molecule has 2 saturated heterocycles. The number of fused-ring (bicyclic) bond motifs is 1. The summed E-state index contributed by atoms with van der Waals surface area (Å²) in [5.74, 6) is -0.348. The average molecular weight is 575 g/mol. The first-order valence-corrected chi connectivity index (χ1v) is 14.0. The van der Waals surface area contributed by atoms with Crippen molar-refractivity contribution >= 4 is 17.0 Å². The molecule has 0 amide bonds. The Hall–Kier alpha value is -4.31. The maximum atomic E-state index is 14.3. The average Bonchev–Trinajstić information content (AvgIpc) is 3.54. The van der Waals surface area contributed by atoms with Gasteiger partial charge in [-0.25, -0.2) is 14.2 Å². The number of halogens is 1. The molecule has 2 N–H and O–H groups in total. The van der Waals surface area contributed by atoms with Crippen LogP contribution in [0.1, 0.15) is 58.2 Å². The summed E-state index contributed by atoms with van der Waals surface area (Å²) in [5, 5.41) is 32.9. The van der Waals surface area contributed by atoms with Gasteiger partial charge < -0.3 is 24.3 Å². The van der Waals surface area contributed by atoms with E-state index in [4.69, 9.17) is 19.7 Å². The summed E-state index contributed by atoms with van der Waals surface area (Å²) < 4.78 is 29.6. The standard InChI is InChI=1S/C30H31FN6O5/c31-25-11-19(13-32)1-2-21(25)18-42-29-22(17-38)14-37(34-29)23-5-8-35(9-6-23)16-28-33-26-4-3-20(30(39)40)12-27(26)36(28)15-24-7-10-41-24/h1-4,11-12,14,23-24,38H,5-10,15-18H2,(H,39,40). The smallest absolute Gasteiger partial charge is 0.335 e. The van der Waals surface area contributed by atoms with Crippen molar-refractivity contribution in [2.24, 2.45) is 0 Å². The van der Waals surface area contributed by atoms with Crippen molar-refractivity contribution in [2.45, 2.75) is 57.7 Å². The van der Waals surface area contributed by atoms with E-state index in [1.807, 2.05) is 10.8 Å². The number of nitrogens with zero attached hydrogens (tertiary/aromatic N) is 6. The van der Waals surface area contributed by atoms with Gasteiger partial charge in [0.1, 0.15) is 18.2 Å². The van der Waals surface area contributed by atoms with E-state index in [2.05, 4.69) is 14.6 Å². The number of nitriles is 1. The Morgan fingerprint density at radius 1 is 1.17 bits per heavy atom. The quantitative estimate of drug-likeness (QED) is 0.291. The number of carboxylic acids is 1. The van der Waals surface area contributed by atoms with Gasteiger partial charge in [0.2, 0.25) is 5.88 Å². The van der Waals surface area contributed by atoms with Crippen LogP contribution >= 0.6 is 0 Å². The first-order valence-electron chi connectivity index (χ1n) is 14.0. The Kier molecular flexibility index (Phi) is 7.88. The minimum Gasteiger partial charge on any atom is -0.478 e. The molecule has 218 valence electrons. The monoisotopic (exact) mass is 574 g/mol. The summed E-state index contributed by atoms with van der Waals surface area (Å²) in [6.45, 7) is 3.28. The minimum absolute atomic E-state index is 0.0686. The van der Waals surface area contributed by atoms with Crippen LogP contribution in [0.25, 0.3) is 11.0 Å². The number of hydrogen-bond donors (Lipinski definition) is 2. The lowest BCUT2D eigenvalue weighted by Crippen LogP contribution is -2.36. The SMILES string of the molecule is N#Cc1ccc(COc2nn(C3CCN(Cc4nc5ccc(C(=O)O)cc5n4CC4CCO4)CC3)cc2CO)c(F)c1. The molecule has 11 nitrogen and oxygen atoms in total. The van der Waals surface area contributed by atoms with Crippen LogP contribution in [-0.2, 0) is 31.0 Å². The van der Waals surface area contributed by atoms with Crippen LogP contribution in [0.5, 0.6) is 5.88 Å². The van der Waals surface area contributed by atoms with Crippen LogP contribution in [0.4, 0.5) is 4.39 Å². The molecule has 2 aromatic carbocycles. The number of hydrogen-bond acceptors (Lipinski definition) is 8. The first kappa shape index (κ1) is 27.8. The van der Waals surface area contributed by atoms with Crippen molar-refractivity contribution < 1.29 is 28.9 Å². The van der Waals surface area contributed by atoms with Gasteiger partial charge in [0.05, 0.1) is 65.6 Å². The number of carboxylic acid groups (broad SMARTS) is 1. The van der Waals surface area contributed by atoms with E-state index >= 15 is 0 Å². The lowest BCUT2D eigenvalue weighted by Gasteiger charge is -2.32. The second kappa shape index (κ2) is 11.9. The number of piperidine rings is 1. The van der Waals surface area contributed by atoms with Crippen LogP contribution in [-0.4, -0.2) is 66.2 Å². The molecule has 4 aromatic rings. The van der Waals surface area contributed by atoms with Gasteiger partial charge in [-0.2, -0.15) is 5.26 Å². The number of rotatable bonds is 10. The summed E-state index contributed by atoms with van der Waals surface area (Å²) in [6, 6.07) is 11.3. The van der Waals surface area contributed by atoms with Gasteiger partial charge in [-0.05, 0) is 49.6 Å². The lowest BCUT2D eigenvalue weighted by atomic mass is 10.1. The highest BCUT2D eigenvalue weighted by Gasteiger charge is 2.27. The third-order valence-electron chi connectivity index (χ3n) is 8.04. The van der Waals surface area contributed by atoms with Crippen LogP contribution < -0.4 is 4.74 Å². The zero-order valence-corrected chi connectivity index (χ0v) is 22.9. The van der Waals surface area contributed by atoms with E-state index in [9.17, 15) is 19.4 Å². The number of benzene rings is 2. The van der Waals surface area contributed by atoms with Crippen LogP contribution in [0.2, 0.25) is 0 Å². The molecule has 2 aliphatic rings. The molecule has 1 atom stereocenters. The number of aliphatic hydroxyl groups is 1. The molecule has 4 heterocycles. The van der Waals surface area contributed by atoms with E-state index in [1.165, 1.54) is 18.2 Å². The molecule has 0 saturated carbocycles. The van der Waals surface area contributed by atoms with Gasteiger partial charge in [0, 0.05) is 31.5 Å². The van der Waals surface area contributed by atoms with Crippen LogP contribution in [0, 0.1) is 17.1 Å². The fraction of sp³-hybridized carbons (Fsp3) is 0.400. The summed E-state index contributed by atoms with van der Waals surface area (Å²) >= 11 is 0. The predicted molar refractivity (Wildman–Crippen MR) is 148 cm³/mol. The number of likely N-dealkylation sites (tertiary alicyclic amines) is 1. The molecule has 2 aliphatic heterocycles. The van der Waals surface area contributed by atoms with E-state index < -0.39 is 11.8 Å². The Morgan fingerprint density at radius 2 is 1.98 bits per heavy atom. The molecule has 12 heteroatoms. The summed E-state index contributed by atoms with van der Waals surface area (Å²) in [5.41, 5.74) is 2.87. The number of aliphatic hydroxyl groups excluding tert-OH is 1. The highest BCUT2D eigenvalue weighted by Crippen LogP contribution is 2.29. The van der Waals surface area contributed by atoms with Gasteiger partial charge in [0.25, 0.3) is 0 Å². The van der Waals surface area contributed by atoms with Crippen molar-refractivity contribution in [1.82, 2.24) is 24.2 Å². The zero-order valence-electron chi connectivity index (χ0n) is 22.9. The molecular weight excluding hydrogens is 543 g/mol. The fourth-order valence-corrected chi connectivity index (χ4v) is 5.51.